The molecule has 0 fully saturated rings. The minimum atomic E-state index is -0.405. The number of para-hydroxylation sites is 1. The van der Waals surface area contributed by atoms with Crippen molar-refractivity contribution in [2.75, 3.05) is 26.6 Å². The molecule has 0 heterocycles. The number of ether oxygens (including phenoxy) is 3. The van der Waals surface area contributed by atoms with Crippen LogP contribution in [0.15, 0.2) is 41.5 Å². The van der Waals surface area contributed by atoms with Crippen molar-refractivity contribution in [3.8, 4) is 17.2 Å². The molecule has 0 atom stereocenters. The molecule has 0 saturated heterocycles. The van der Waals surface area contributed by atoms with Crippen molar-refractivity contribution in [2.45, 2.75) is 0 Å². The summed E-state index contributed by atoms with van der Waals surface area (Å²) < 4.78 is 29.3. The number of rotatable bonds is 6. The minimum absolute atomic E-state index is 0.154. The van der Waals surface area contributed by atoms with Crippen LogP contribution in [0.1, 0.15) is 5.56 Å². The molecule has 0 aliphatic heterocycles. The van der Waals surface area contributed by atoms with Gasteiger partial charge in [-0.2, -0.15) is 5.10 Å². The van der Waals surface area contributed by atoms with Gasteiger partial charge in [0.05, 0.1) is 33.2 Å². The van der Waals surface area contributed by atoms with Crippen molar-refractivity contribution in [2.24, 2.45) is 5.10 Å². The van der Waals surface area contributed by atoms with Gasteiger partial charge in [0.15, 0.2) is 16.6 Å². The van der Waals surface area contributed by atoms with Gasteiger partial charge in [-0.3, -0.25) is 5.43 Å². The van der Waals surface area contributed by atoms with Gasteiger partial charge in [0.25, 0.3) is 0 Å². The molecule has 0 aliphatic rings. The number of hydrazone groups is 1. The van der Waals surface area contributed by atoms with Gasteiger partial charge in [-0.1, -0.05) is 12.1 Å². The van der Waals surface area contributed by atoms with E-state index in [1.807, 2.05) is 0 Å². The highest BCUT2D eigenvalue weighted by Gasteiger charge is 2.10. The molecule has 0 spiro atoms. The van der Waals surface area contributed by atoms with E-state index in [1.54, 1.807) is 37.4 Å². The van der Waals surface area contributed by atoms with Crippen LogP contribution in [0, 0.1) is 5.82 Å². The SMILES string of the molecule is COc1cc(OC)c(OC)cc1/C=N\NC(=S)Nc1ccccc1F. The number of anilines is 1. The zero-order valence-corrected chi connectivity index (χ0v) is 14.8. The van der Waals surface area contributed by atoms with E-state index in [-0.39, 0.29) is 10.8 Å². The Morgan fingerprint density at radius 3 is 2.32 bits per heavy atom. The molecular formula is C17H18FN3O3S. The second-order valence-corrected chi connectivity index (χ2v) is 5.16. The zero-order valence-electron chi connectivity index (χ0n) is 14.0. The first kappa shape index (κ1) is 18.5. The Balaban J connectivity index is 2.08. The number of halogens is 1. The summed E-state index contributed by atoms with van der Waals surface area (Å²) in [6.45, 7) is 0. The smallest absolute Gasteiger partial charge is 0.191 e. The quantitative estimate of drug-likeness (QED) is 0.467. The number of nitrogens with zero attached hydrogens (tertiary/aromatic N) is 1. The maximum atomic E-state index is 13.6. The van der Waals surface area contributed by atoms with Crippen LogP contribution in [0.4, 0.5) is 10.1 Å². The molecule has 25 heavy (non-hydrogen) atoms. The molecule has 0 saturated carbocycles. The molecule has 8 heteroatoms. The van der Waals surface area contributed by atoms with Crippen LogP contribution in [0.5, 0.6) is 17.2 Å². The van der Waals surface area contributed by atoms with Gasteiger partial charge in [0.1, 0.15) is 11.6 Å². The first-order valence-corrected chi connectivity index (χ1v) is 7.64. The number of nitrogens with one attached hydrogen (secondary N) is 2. The molecule has 6 nitrogen and oxygen atoms in total. The molecule has 0 radical (unpaired) electrons. The van der Waals surface area contributed by atoms with Crippen LogP contribution < -0.4 is 25.0 Å². The molecule has 0 bridgehead atoms. The number of benzene rings is 2. The van der Waals surface area contributed by atoms with Crippen LogP contribution in [0.2, 0.25) is 0 Å². The van der Waals surface area contributed by atoms with Crippen LogP contribution >= 0.6 is 12.2 Å². The van der Waals surface area contributed by atoms with Gasteiger partial charge in [0.2, 0.25) is 0 Å². The van der Waals surface area contributed by atoms with E-state index in [9.17, 15) is 4.39 Å². The molecule has 2 aromatic carbocycles. The van der Waals surface area contributed by atoms with Gasteiger partial charge in [-0.15, -0.1) is 0 Å². The van der Waals surface area contributed by atoms with E-state index in [0.717, 1.165) is 0 Å². The topological polar surface area (TPSA) is 64.1 Å². The summed E-state index contributed by atoms with van der Waals surface area (Å²) in [4.78, 5) is 0. The molecule has 2 rings (SSSR count). The average molecular weight is 363 g/mol. The lowest BCUT2D eigenvalue weighted by molar-refractivity contribution is 0.349. The van der Waals surface area contributed by atoms with Crippen LogP contribution in [0.3, 0.4) is 0 Å². The summed E-state index contributed by atoms with van der Waals surface area (Å²) in [5.74, 6) is 1.23. The molecule has 0 amide bonds. The monoisotopic (exact) mass is 363 g/mol. The summed E-state index contributed by atoms with van der Waals surface area (Å²) in [5.41, 5.74) is 3.54. The van der Waals surface area contributed by atoms with Crippen molar-refractivity contribution in [3.63, 3.8) is 0 Å². The maximum absolute atomic E-state index is 13.6. The van der Waals surface area contributed by atoms with E-state index >= 15 is 0 Å². The second kappa shape index (κ2) is 8.84. The Bertz CT molecular complexity index is 784. The van der Waals surface area contributed by atoms with E-state index in [2.05, 4.69) is 15.8 Å². The molecule has 0 aliphatic carbocycles. The van der Waals surface area contributed by atoms with Gasteiger partial charge in [-0.05, 0) is 30.4 Å². The highest BCUT2D eigenvalue weighted by Crippen LogP contribution is 2.33. The summed E-state index contributed by atoms with van der Waals surface area (Å²) in [6, 6.07) is 9.61. The minimum Gasteiger partial charge on any atom is -0.496 e. The first-order valence-electron chi connectivity index (χ1n) is 7.23. The van der Waals surface area contributed by atoms with Crippen molar-refractivity contribution < 1.29 is 18.6 Å². The molecule has 0 aromatic heterocycles. The first-order chi connectivity index (χ1) is 12.1. The number of hydrogen-bond acceptors (Lipinski definition) is 5. The Kier molecular flexibility index (Phi) is 6.53. The third-order valence-electron chi connectivity index (χ3n) is 3.23. The van der Waals surface area contributed by atoms with Crippen LogP contribution in [-0.4, -0.2) is 32.7 Å². The highest BCUT2D eigenvalue weighted by atomic mass is 32.1. The highest BCUT2D eigenvalue weighted by molar-refractivity contribution is 7.80. The van der Waals surface area contributed by atoms with Crippen molar-refractivity contribution in [3.05, 3.63) is 47.8 Å². The van der Waals surface area contributed by atoms with Crippen molar-refractivity contribution in [1.82, 2.24) is 5.43 Å². The van der Waals surface area contributed by atoms with Gasteiger partial charge >= 0.3 is 0 Å². The zero-order chi connectivity index (χ0) is 18.2. The Morgan fingerprint density at radius 1 is 1.04 bits per heavy atom. The van der Waals surface area contributed by atoms with E-state index in [0.29, 0.717) is 22.8 Å². The van der Waals surface area contributed by atoms with E-state index < -0.39 is 5.82 Å². The van der Waals surface area contributed by atoms with Crippen LogP contribution in [0.25, 0.3) is 0 Å². The predicted octanol–water partition coefficient (Wildman–Crippen LogP) is 3.17. The summed E-state index contributed by atoms with van der Waals surface area (Å²) in [7, 11) is 4.62. The van der Waals surface area contributed by atoms with Crippen molar-refractivity contribution in [1.29, 1.82) is 0 Å². The molecule has 2 aromatic rings. The lowest BCUT2D eigenvalue weighted by Gasteiger charge is -2.12. The fraction of sp³-hybridized carbons (Fsp3) is 0.176. The molecular weight excluding hydrogens is 345 g/mol. The summed E-state index contributed by atoms with van der Waals surface area (Å²) in [5, 5.41) is 6.90. The van der Waals surface area contributed by atoms with Gasteiger partial charge < -0.3 is 19.5 Å². The van der Waals surface area contributed by atoms with Crippen molar-refractivity contribution >= 4 is 29.2 Å². The standard InChI is InChI=1S/C17H18FN3O3S/c1-22-14-9-16(24-3)15(23-2)8-11(14)10-19-21-17(25)20-13-7-5-4-6-12(13)18/h4-10H,1-3H3,(H2,20,21,25)/b19-10-. The number of methoxy groups -OCH3 is 3. The Labute approximate surface area is 150 Å². The lowest BCUT2D eigenvalue weighted by atomic mass is 10.2. The second-order valence-electron chi connectivity index (χ2n) is 4.75. The third-order valence-corrected chi connectivity index (χ3v) is 3.42. The lowest BCUT2D eigenvalue weighted by Crippen LogP contribution is -2.24. The van der Waals surface area contributed by atoms with E-state index in [1.165, 1.54) is 26.5 Å². The Morgan fingerprint density at radius 2 is 1.68 bits per heavy atom. The fourth-order valence-corrected chi connectivity index (χ4v) is 2.19. The normalized spacial score (nSPS) is 10.4. The molecule has 0 unspecified atom stereocenters. The number of thiocarbonyl (C=S) groups is 1. The van der Waals surface area contributed by atoms with Gasteiger partial charge in [-0.25, -0.2) is 4.39 Å². The molecule has 2 N–H and O–H groups in total. The van der Waals surface area contributed by atoms with E-state index in [4.69, 9.17) is 26.4 Å². The third kappa shape index (κ3) is 4.80. The largest absolute Gasteiger partial charge is 0.496 e. The Hall–Kier alpha value is -2.87. The predicted molar refractivity (Wildman–Crippen MR) is 99.4 cm³/mol. The summed E-state index contributed by atoms with van der Waals surface area (Å²) in [6.07, 6.45) is 1.51. The fourth-order valence-electron chi connectivity index (χ4n) is 2.03. The van der Waals surface area contributed by atoms with Crippen LogP contribution in [-0.2, 0) is 0 Å². The summed E-state index contributed by atoms with van der Waals surface area (Å²) >= 11 is 5.08. The maximum Gasteiger partial charge on any atom is 0.191 e. The average Bonchev–Trinajstić information content (AvgIpc) is 2.63. The number of hydrogen-bond donors (Lipinski definition) is 2. The van der Waals surface area contributed by atoms with Gasteiger partial charge in [0, 0.05) is 11.6 Å². The molecule has 132 valence electrons.